The van der Waals surface area contributed by atoms with E-state index in [1.165, 1.54) is 18.2 Å². The van der Waals surface area contributed by atoms with Crippen LogP contribution in [0.1, 0.15) is 5.69 Å². The number of nitrogens with zero attached hydrogens (tertiary/aromatic N) is 3. The van der Waals surface area contributed by atoms with Crippen molar-refractivity contribution in [1.29, 1.82) is 0 Å². The topological polar surface area (TPSA) is 149 Å². The largest absolute Gasteiger partial charge is 0.385 e. The molecule has 3 aromatic heterocycles. The van der Waals surface area contributed by atoms with E-state index in [0.717, 1.165) is 11.1 Å². The number of aromatic amines is 1. The lowest BCUT2D eigenvalue weighted by Gasteiger charge is -2.08. The molecule has 0 radical (unpaired) electrons. The summed E-state index contributed by atoms with van der Waals surface area (Å²) in [6.45, 7) is 1.69. The molecule has 0 atom stereocenters. The molecular formula is C22H18N6O4S. The summed E-state index contributed by atoms with van der Waals surface area (Å²) in [7, 11) is -3.88. The van der Waals surface area contributed by atoms with Gasteiger partial charge in [0.25, 0.3) is 10.0 Å². The maximum absolute atomic E-state index is 12.7. The van der Waals surface area contributed by atoms with Crippen molar-refractivity contribution in [3.8, 4) is 16.8 Å². The lowest BCUT2D eigenvalue weighted by atomic mass is 10.1. The Morgan fingerprint density at radius 3 is 2.48 bits per heavy atom. The number of hydrogen-bond acceptors (Lipinski definition) is 7. The number of nitrogens with two attached hydrogens (primary N) is 1. The van der Waals surface area contributed by atoms with Crippen LogP contribution in [0.2, 0.25) is 0 Å². The third-order valence-corrected chi connectivity index (χ3v) is 6.43. The molecule has 0 aliphatic rings. The first-order chi connectivity index (χ1) is 15.8. The van der Waals surface area contributed by atoms with Gasteiger partial charge in [-0.15, -0.1) is 0 Å². The zero-order valence-electron chi connectivity index (χ0n) is 17.3. The molecule has 0 saturated heterocycles. The van der Waals surface area contributed by atoms with Crippen LogP contribution < -0.4 is 16.1 Å². The van der Waals surface area contributed by atoms with Crippen LogP contribution in [0.5, 0.6) is 0 Å². The van der Waals surface area contributed by atoms with Crippen molar-refractivity contribution in [1.82, 2.24) is 19.7 Å². The lowest BCUT2D eigenvalue weighted by molar-refractivity contribution is 0.430. The summed E-state index contributed by atoms with van der Waals surface area (Å²) < 4.78 is 34.3. The molecule has 0 bridgehead atoms. The minimum atomic E-state index is -3.88. The molecule has 166 valence electrons. The molecule has 0 amide bonds. The maximum atomic E-state index is 12.7. The van der Waals surface area contributed by atoms with E-state index in [0.29, 0.717) is 22.4 Å². The number of nitrogen functional groups attached to an aromatic ring is 1. The van der Waals surface area contributed by atoms with Gasteiger partial charge < -0.3 is 14.8 Å². The number of H-pyrrole nitrogens is 1. The first-order valence-corrected chi connectivity index (χ1v) is 11.3. The number of nitrogens with one attached hydrogen (secondary N) is 2. The Morgan fingerprint density at radius 1 is 1.09 bits per heavy atom. The van der Waals surface area contributed by atoms with Crippen LogP contribution in [0.15, 0.2) is 81.1 Å². The van der Waals surface area contributed by atoms with E-state index in [2.05, 4.69) is 19.8 Å². The molecule has 3 heterocycles. The highest BCUT2D eigenvalue weighted by Crippen LogP contribution is 2.33. The van der Waals surface area contributed by atoms with Crippen molar-refractivity contribution < 1.29 is 12.9 Å². The van der Waals surface area contributed by atoms with E-state index in [-0.39, 0.29) is 16.6 Å². The Kier molecular flexibility index (Phi) is 4.75. The Balaban J connectivity index is 1.59. The minimum Gasteiger partial charge on any atom is -0.385 e. The Labute approximate surface area is 187 Å². The molecule has 5 aromatic rings. The summed E-state index contributed by atoms with van der Waals surface area (Å²) in [5.41, 5.74) is 8.75. The zero-order valence-corrected chi connectivity index (χ0v) is 18.1. The number of hydrogen-bond donors (Lipinski definition) is 3. The monoisotopic (exact) mass is 462 g/mol. The van der Waals surface area contributed by atoms with Gasteiger partial charge in [0.2, 0.25) is 5.88 Å². The second-order valence-electron chi connectivity index (χ2n) is 7.36. The number of aryl methyl sites for hydroxylation is 1. The van der Waals surface area contributed by atoms with Crippen LogP contribution in [0.25, 0.3) is 27.8 Å². The molecule has 0 saturated carbocycles. The van der Waals surface area contributed by atoms with Gasteiger partial charge in [-0.3, -0.25) is 4.98 Å². The van der Waals surface area contributed by atoms with Crippen molar-refractivity contribution in [3.63, 3.8) is 0 Å². The predicted molar refractivity (Wildman–Crippen MR) is 124 cm³/mol. The second-order valence-corrected chi connectivity index (χ2v) is 9.05. The molecule has 11 heteroatoms. The van der Waals surface area contributed by atoms with Gasteiger partial charge in [0.05, 0.1) is 16.0 Å². The highest BCUT2D eigenvalue weighted by Gasteiger charge is 2.19. The van der Waals surface area contributed by atoms with Crippen molar-refractivity contribution in [2.75, 3.05) is 10.5 Å². The molecule has 2 aromatic carbocycles. The molecule has 0 spiro atoms. The molecule has 10 nitrogen and oxygen atoms in total. The van der Waals surface area contributed by atoms with Gasteiger partial charge in [-0.25, -0.2) is 17.9 Å². The average molecular weight is 462 g/mol. The smallest absolute Gasteiger partial charge is 0.348 e. The van der Waals surface area contributed by atoms with Gasteiger partial charge in [-0.05, 0) is 36.8 Å². The van der Waals surface area contributed by atoms with E-state index in [1.807, 2.05) is 36.5 Å². The number of benzene rings is 2. The van der Waals surface area contributed by atoms with E-state index >= 15 is 0 Å². The van der Waals surface area contributed by atoms with Crippen LogP contribution in [0, 0.1) is 6.92 Å². The summed E-state index contributed by atoms with van der Waals surface area (Å²) in [6.07, 6.45) is 1.82. The quantitative estimate of drug-likeness (QED) is 0.363. The van der Waals surface area contributed by atoms with E-state index in [1.54, 1.807) is 23.6 Å². The third-order valence-electron chi connectivity index (χ3n) is 5.07. The van der Waals surface area contributed by atoms with E-state index in [9.17, 15) is 13.2 Å². The Morgan fingerprint density at radius 2 is 1.82 bits per heavy atom. The normalized spacial score (nSPS) is 11.7. The summed E-state index contributed by atoms with van der Waals surface area (Å²) >= 11 is 0. The van der Waals surface area contributed by atoms with Crippen LogP contribution in [0.4, 0.5) is 11.7 Å². The maximum Gasteiger partial charge on any atom is 0.348 e. The first kappa shape index (κ1) is 20.5. The molecule has 0 fully saturated rings. The minimum absolute atomic E-state index is 0.0272. The molecule has 33 heavy (non-hydrogen) atoms. The number of aromatic nitrogens is 4. The summed E-state index contributed by atoms with van der Waals surface area (Å²) in [4.78, 5) is 18.7. The van der Waals surface area contributed by atoms with Crippen LogP contribution in [0.3, 0.4) is 0 Å². The Bertz CT molecular complexity index is 1630. The lowest BCUT2D eigenvalue weighted by Crippen LogP contribution is -2.14. The first-order valence-electron chi connectivity index (χ1n) is 9.85. The molecular weight excluding hydrogens is 444 g/mol. The third kappa shape index (κ3) is 3.74. The fourth-order valence-electron chi connectivity index (χ4n) is 3.60. The SMILES string of the molecule is Cc1cc(NS(=O)(=O)c2ccc(-n3cc(-c4ccccc4)c4c(N)[nH]c(=O)nc43)cc2)on1. The van der Waals surface area contributed by atoms with Crippen LogP contribution in [-0.4, -0.2) is 28.1 Å². The van der Waals surface area contributed by atoms with Crippen LogP contribution >= 0.6 is 0 Å². The van der Waals surface area contributed by atoms with Gasteiger partial charge in [0.15, 0.2) is 5.65 Å². The molecule has 4 N–H and O–H groups in total. The van der Waals surface area contributed by atoms with Gasteiger partial charge >= 0.3 is 5.69 Å². The number of anilines is 2. The molecule has 5 rings (SSSR count). The fourth-order valence-corrected chi connectivity index (χ4v) is 4.57. The molecule has 0 aliphatic heterocycles. The zero-order chi connectivity index (χ0) is 23.2. The number of fused-ring (bicyclic) bond motifs is 1. The van der Waals surface area contributed by atoms with Gasteiger partial charge in [0.1, 0.15) is 5.82 Å². The average Bonchev–Trinajstić information content (AvgIpc) is 3.37. The standard InChI is InChI=1S/C22H18N6O4S/c1-13-11-18(32-26-13)27-33(30,31)16-9-7-15(8-10-16)28-12-17(14-5-3-2-4-6-14)19-20(23)24-22(29)25-21(19)28/h2-12,27H,1H3,(H3,23,24,25,29). The summed E-state index contributed by atoms with van der Waals surface area (Å²) in [6, 6.07) is 17.2. The summed E-state index contributed by atoms with van der Waals surface area (Å²) in [5, 5.41) is 4.27. The molecule has 0 aliphatic carbocycles. The summed E-state index contributed by atoms with van der Waals surface area (Å²) in [5.74, 6) is 0.229. The van der Waals surface area contributed by atoms with Crippen molar-refractivity contribution >= 4 is 32.8 Å². The Hall–Kier alpha value is -4.38. The fraction of sp³-hybridized carbons (Fsp3) is 0.0455. The number of rotatable bonds is 5. The van der Waals surface area contributed by atoms with Gasteiger partial charge in [-0.1, -0.05) is 35.5 Å². The van der Waals surface area contributed by atoms with Crippen molar-refractivity contribution in [2.45, 2.75) is 11.8 Å². The highest BCUT2D eigenvalue weighted by molar-refractivity contribution is 7.92. The van der Waals surface area contributed by atoms with E-state index < -0.39 is 15.7 Å². The predicted octanol–water partition coefficient (Wildman–Crippen LogP) is 3.06. The van der Waals surface area contributed by atoms with E-state index in [4.69, 9.17) is 10.3 Å². The van der Waals surface area contributed by atoms with Crippen LogP contribution in [-0.2, 0) is 10.0 Å². The van der Waals surface area contributed by atoms with Crippen molar-refractivity contribution in [2.24, 2.45) is 0 Å². The van der Waals surface area contributed by atoms with Gasteiger partial charge in [0, 0.05) is 23.5 Å². The highest BCUT2D eigenvalue weighted by atomic mass is 32.2. The second kappa shape index (κ2) is 7.64. The van der Waals surface area contributed by atoms with Gasteiger partial charge in [-0.2, -0.15) is 4.98 Å². The van der Waals surface area contributed by atoms with Crippen molar-refractivity contribution in [3.05, 3.63) is 83.0 Å². The number of sulfonamides is 1. The molecule has 0 unspecified atom stereocenters.